The monoisotopic (exact) mass is 380 g/mol. The first-order chi connectivity index (χ1) is 10.3. The van der Waals surface area contributed by atoms with Gasteiger partial charge < -0.3 is 9.91 Å². The summed E-state index contributed by atoms with van der Waals surface area (Å²) in [6.07, 6.45) is -0.0879. The first-order valence-corrected chi connectivity index (χ1v) is 7.96. The van der Waals surface area contributed by atoms with Crippen molar-refractivity contribution >= 4 is 19.2 Å². The van der Waals surface area contributed by atoms with Gasteiger partial charge in [0.2, 0.25) is 17.3 Å². The van der Waals surface area contributed by atoms with Crippen LogP contribution in [0, 0.1) is 5.21 Å². The quantitative estimate of drug-likeness (QED) is 0.251. The van der Waals surface area contributed by atoms with Crippen LogP contribution in [0.3, 0.4) is 0 Å². The van der Waals surface area contributed by atoms with Crippen LogP contribution in [-0.2, 0) is 0 Å². The molecule has 0 amide bonds. The van der Waals surface area contributed by atoms with E-state index in [-0.39, 0.29) is 11.0 Å². The number of aromatic nitrogens is 3. The molecule has 13 heteroatoms. The van der Waals surface area contributed by atoms with E-state index in [1.165, 1.54) is 0 Å². The molecule has 2 rings (SSSR count). The fourth-order valence-corrected chi connectivity index (χ4v) is 2.07. The van der Waals surface area contributed by atoms with Crippen molar-refractivity contribution in [2.45, 2.75) is 6.29 Å². The van der Waals surface area contributed by atoms with Gasteiger partial charge in [0.1, 0.15) is 0 Å². The van der Waals surface area contributed by atoms with Crippen molar-refractivity contribution in [3.05, 3.63) is 29.5 Å². The van der Waals surface area contributed by atoms with Gasteiger partial charge >= 0.3 is 29.1 Å². The minimum Gasteiger partial charge on any atom is -1.00 e. The molecule has 0 bridgehead atoms. The van der Waals surface area contributed by atoms with E-state index in [4.69, 9.17) is 0 Å². The Morgan fingerprint density at radius 1 is 1.04 bits per heavy atom. The Bertz CT molecular complexity index is 647. The molecular formula is C11H17F6N5OP-. The summed E-state index contributed by atoms with van der Waals surface area (Å²) in [7, 11) is -0.731. The Hall–Kier alpha value is -1.65. The molecular weight excluding hydrogens is 363 g/mol. The van der Waals surface area contributed by atoms with E-state index in [0.717, 1.165) is 5.52 Å². The molecule has 2 aromatic rings. The fraction of sp³-hybridized carbons (Fsp3) is 0.455. The summed E-state index contributed by atoms with van der Waals surface area (Å²) in [6, 6.07) is 7.41. The molecule has 0 unspecified atom stereocenters. The number of hydrogen-bond acceptors (Lipinski definition) is 4. The summed E-state index contributed by atoms with van der Waals surface area (Å²) in [5.41, 5.74) is 1.41. The molecule has 0 aliphatic heterocycles. The average Bonchev–Trinajstić information content (AvgIpc) is 2.64. The van der Waals surface area contributed by atoms with Crippen LogP contribution in [0.1, 0.15) is 6.29 Å². The number of nitrogens with zero attached hydrogens (tertiary/aromatic N) is 5. The Morgan fingerprint density at radius 2 is 1.46 bits per heavy atom. The molecule has 0 aliphatic carbocycles. The van der Waals surface area contributed by atoms with Gasteiger partial charge in [-0.1, -0.05) is 16.8 Å². The first kappa shape index (κ1) is 22.4. The van der Waals surface area contributed by atoms with E-state index in [0.29, 0.717) is 10.4 Å². The number of fused-ring (bicyclic) bond motifs is 1. The van der Waals surface area contributed by atoms with Gasteiger partial charge in [0.15, 0.2) is 0 Å². The van der Waals surface area contributed by atoms with Crippen LogP contribution in [0.4, 0.5) is 21.0 Å². The van der Waals surface area contributed by atoms with Gasteiger partial charge in [-0.15, -0.1) is 4.85 Å². The summed E-state index contributed by atoms with van der Waals surface area (Å²) in [6.45, 7) is 0. The van der Waals surface area contributed by atoms with Crippen molar-refractivity contribution in [2.75, 3.05) is 28.2 Å². The van der Waals surface area contributed by atoms with Gasteiger partial charge in [0.05, 0.1) is 5.21 Å². The first-order valence-electron chi connectivity index (χ1n) is 6.27. The summed E-state index contributed by atoms with van der Waals surface area (Å²) >= 11 is 0. The van der Waals surface area contributed by atoms with Crippen LogP contribution in [0.25, 0.3) is 11.0 Å². The van der Waals surface area contributed by atoms with E-state index >= 15 is 0 Å². The Balaban J connectivity index is 0.000000655. The van der Waals surface area contributed by atoms with Crippen LogP contribution in [-0.4, -0.2) is 47.9 Å². The van der Waals surface area contributed by atoms with E-state index in [2.05, 4.69) is 5.21 Å². The van der Waals surface area contributed by atoms with Gasteiger partial charge in [-0.05, 0) is 40.3 Å². The van der Waals surface area contributed by atoms with Gasteiger partial charge in [-0.2, -0.15) is 0 Å². The molecule has 1 aromatic heterocycles. The second-order valence-corrected chi connectivity index (χ2v) is 6.39. The van der Waals surface area contributed by atoms with Crippen LogP contribution < -0.4 is 9.55 Å². The number of halogens is 6. The number of rotatable bonds is 3. The molecule has 24 heavy (non-hydrogen) atoms. The van der Waals surface area contributed by atoms with E-state index < -0.39 is 8.16 Å². The predicted octanol–water partition coefficient (Wildman–Crippen LogP) is 0.215. The molecule has 0 radical (unpaired) electrons. The van der Waals surface area contributed by atoms with Crippen molar-refractivity contribution in [3.8, 4) is 0 Å². The minimum atomic E-state index is -8.55. The minimum absolute atomic E-state index is 0. The van der Waals surface area contributed by atoms with Crippen molar-refractivity contribution < 1.29 is 30.5 Å². The predicted molar refractivity (Wildman–Crippen MR) is 77.6 cm³/mol. The smallest absolute Gasteiger partial charge is 1.00 e. The maximum Gasteiger partial charge on any atom is -1.00 e. The topological polar surface area (TPSA) is 51.2 Å². The molecule has 6 nitrogen and oxygen atoms in total. The van der Waals surface area contributed by atoms with Gasteiger partial charge in [0, 0.05) is 0 Å². The average molecular weight is 380 g/mol. The third-order valence-corrected chi connectivity index (χ3v) is 2.65. The Labute approximate surface area is 134 Å². The largest absolute Gasteiger partial charge is 1.00 e. The number of hydrogen-bond donors (Lipinski definition) is 0. The Kier molecular flexibility index (Phi) is 6.98. The van der Waals surface area contributed by atoms with Gasteiger partial charge in [-0.3, -0.25) is 9.80 Å². The van der Waals surface area contributed by atoms with Gasteiger partial charge in [-0.25, -0.2) is 0 Å². The van der Waals surface area contributed by atoms with E-state index in [1.54, 1.807) is 10.7 Å². The summed E-state index contributed by atoms with van der Waals surface area (Å²) in [5, 5.41) is 15.7. The Morgan fingerprint density at radius 3 is 1.88 bits per heavy atom. The summed E-state index contributed by atoms with van der Waals surface area (Å²) < 4.78 is 50.9. The van der Waals surface area contributed by atoms with Crippen molar-refractivity contribution in [1.29, 1.82) is 0 Å². The van der Waals surface area contributed by atoms with E-state index in [9.17, 15) is 26.2 Å². The zero-order valence-corrected chi connectivity index (χ0v) is 14.1. The molecule has 1 aromatic carbocycles. The summed E-state index contributed by atoms with van der Waals surface area (Å²) in [5.74, 6) is 0. The molecule has 140 valence electrons. The number of para-hydroxylation sites is 2. The third kappa shape index (κ3) is 6.85. The van der Waals surface area contributed by atoms with Crippen molar-refractivity contribution in [1.82, 2.24) is 19.7 Å². The molecule has 0 fully saturated rings. The van der Waals surface area contributed by atoms with E-state index in [1.807, 2.05) is 56.2 Å². The zero-order valence-electron chi connectivity index (χ0n) is 13.2. The second-order valence-electron chi connectivity index (χ2n) is 5.11. The van der Waals surface area contributed by atoms with Crippen LogP contribution in [0.5, 0.6) is 0 Å². The fourth-order valence-electron chi connectivity index (χ4n) is 2.07. The molecule has 0 saturated carbocycles. The summed E-state index contributed by atoms with van der Waals surface area (Å²) in [4.78, 5) is 4.66. The van der Waals surface area contributed by atoms with Crippen LogP contribution in [0.2, 0.25) is 0 Å². The molecule has 0 spiro atoms. The van der Waals surface area contributed by atoms with Gasteiger partial charge in [0.25, 0.3) is 0 Å². The maximum atomic E-state index is 11.7. The molecule has 0 aliphatic rings. The third-order valence-electron chi connectivity index (χ3n) is 2.65. The standard InChI is InChI=1S/C11H17N5O.F5P.FH/c1-13(2)11(14(3)4)15-9-7-5-6-8-10(9)16(17)12-15;1-6(2,3,4)5;/h5-8,11H,1-4H3;;1H/p-1. The van der Waals surface area contributed by atoms with Crippen LogP contribution in [0.15, 0.2) is 24.3 Å². The normalized spacial score (nSPS) is 13.4. The van der Waals surface area contributed by atoms with Crippen molar-refractivity contribution in [2.24, 2.45) is 0 Å². The molecule has 0 saturated heterocycles. The van der Waals surface area contributed by atoms with Crippen molar-refractivity contribution in [3.63, 3.8) is 0 Å². The second kappa shape index (κ2) is 7.49. The molecule has 0 atom stereocenters. The van der Waals surface area contributed by atoms with Crippen LogP contribution >= 0.6 is 8.16 Å². The maximum absolute atomic E-state index is 11.7. The number of benzene rings is 1. The molecule has 1 heterocycles. The molecule has 0 N–H and O–H groups in total. The zero-order chi connectivity index (χ0) is 18.0. The SMILES string of the molecule is CN(C)C(N(C)C)n1n[n+]([O-])c2ccccc21.FP(F)(F)(F)F.[F-].